The highest BCUT2D eigenvalue weighted by Gasteiger charge is 2.09. The molecule has 2 heterocycles. The van der Waals surface area contributed by atoms with Crippen LogP contribution in [0, 0.1) is 0 Å². The van der Waals surface area contributed by atoms with Gasteiger partial charge < -0.3 is 19.8 Å². The lowest BCUT2D eigenvalue weighted by molar-refractivity contribution is 0.0947. The van der Waals surface area contributed by atoms with Gasteiger partial charge in [-0.1, -0.05) is 11.6 Å². The monoisotopic (exact) mass is 358 g/mol. The number of rotatable bonds is 6. The number of methoxy groups -OCH3 is 1. The van der Waals surface area contributed by atoms with Gasteiger partial charge in [0.25, 0.3) is 5.91 Å². The minimum Gasteiger partial charge on any atom is -0.495 e. The van der Waals surface area contributed by atoms with E-state index in [4.69, 9.17) is 20.8 Å². The fourth-order valence-corrected chi connectivity index (χ4v) is 2.26. The van der Waals surface area contributed by atoms with E-state index < -0.39 is 0 Å². The van der Waals surface area contributed by atoms with E-state index in [1.807, 2.05) is 0 Å². The molecule has 0 unspecified atom stereocenters. The van der Waals surface area contributed by atoms with Crippen molar-refractivity contribution < 1.29 is 13.9 Å². The Labute approximate surface area is 149 Å². The van der Waals surface area contributed by atoms with E-state index in [1.165, 1.54) is 12.4 Å². The van der Waals surface area contributed by atoms with Crippen LogP contribution in [0.5, 0.6) is 5.75 Å². The summed E-state index contributed by atoms with van der Waals surface area (Å²) in [6.45, 7) is 0.297. The molecule has 1 amide bonds. The van der Waals surface area contributed by atoms with Crippen LogP contribution in [0.15, 0.2) is 53.4 Å². The maximum absolute atomic E-state index is 12.1. The molecule has 7 nitrogen and oxygen atoms in total. The molecule has 0 aliphatic rings. The molecule has 3 rings (SSSR count). The second-order valence-corrected chi connectivity index (χ2v) is 5.46. The van der Waals surface area contributed by atoms with Crippen molar-refractivity contribution in [2.45, 2.75) is 6.54 Å². The summed E-state index contributed by atoms with van der Waals surface area (Å²) in [7, 11) is 1.56. The van der Waals surface area contributed by atoms with Gasteiger partial charge >= 0.3 is 0 Å². The van der Waals surface area contributed by atoms with Crippen LogP contribution in [0.2, 0.25) is 5.02 Å². The van der Waals surface area contributed by atoms with Crippen molar-refractivity contribution in [3.63, 3.8) is 0 Å². The van der Waals surface area contributed by atoms with Crippen molar-refractivity contribution in [2.75, 3.05) is 12.4 Å². The van der Waals surface area contributed by atoms with Crippen LogP contribution in [0.4, 0.5) is 11.6 Å². The van der Waals surface area contributed by atoms with Crippen LogP contribution in [0.25, 0.3) is 0 Å². The number of nitrogens with zero attached hydrogens (tertiary/aromatic N) is 2. The summed E-state index contributed by atoms with van der Waals surface area (Å²) in [6, 6.07) is 8.70. The molecule has 0 aliphatic heterocycles. The number of halogens is 1. The predicted octanol–water partition coefficient (Wildman–Crippen LogP) is 3.41. The Hall–Kier alpha value is -3.06. The van der Waals surface area contributed by atoms with Gasteiger partial charge in [-0.05, 0) is 30.3 Å². The van der Waals surface area contributed by atoms with E-state index >= 15 is 0 Å². The topological polar surface area (TPSA) is 89.3 Å². The molecular weight excluding hydrogens is 344 g/mol. The molecule has 1 aromatic carbocycles. The van der Waals surface area contributed by atoms with Crippen molar-refractivity contribution >= 4 is 29.1 Å². The third kappa shape index (κ3) is 4.27. The lowest BCUT2D eigenvalue weighted by Crippen LogP contribution is -2.23. The number of amides is 1. The van der Waals surface area contributed by atoms with Gasteiger partial charge in [0.2, 0.25) is 5.95 Å². The Morgan fingerprint density at radius 1 is 1.28 bits per heavy atom. The Bertz CT molecular complexity index is 851. The third-order valence-electron chi connectivity index (χ3n) is 3.33. The minimum absolute atomic E-state index is 0.289. The van der Waals surface area contributed by atoms with Gasteiger partial charge in [-0.15, -0.1) is 0 Å². The highest BCUT2D eigenvalue weighted by Crippen LogP contribution is 2.29. The molecule has 3 aromatic rings. The van der Waals surface area contributed by atoms with Crippen molar-refractivity contribution in [1.29, 1.82) is 0 Å². The van der Waals surface area contributed by atoms with Crippen LogP contribution in [-0.2, 0) is 6.54 Å². The molecule has 0 bridgehead atoms. The van der Waals surface area contributed by atoms with Gasteiger partial charge in [-0.2, -0.15) is 0 Å². The number of hydrogen-bond donors (Lipinski definition) is 2. The summed E-state index contributed by atoms with van der Waals surface area (Å²) in [5.74, 6) is 1.31. The molecule has 0 radical (unpaired) electrons. The summed E-state index contributed by atoms with van der Waals surface area (Å²) in [5, 5.41) is 6.29. The van der Waals surface area contributed by atoms with Crippen LogP contribution in [0.1, 0.15) is 16.1 Å². The molecule has 2 N–H and O–H groups in total. The summed E-state index contributed by atoms with van der Waals surface area (Å²) >= 11 is 5.99. The number of furan rings is 1. The van der Waals surface area contributed by atoms with Gasteiger partial charge in [0, 0.05) is 17.4 Å². The van der Waals surface area contributed by atoms with E-state index in [2.05, 4.69) is 20.6 Å². The molecule has 0 saturated heterocycles. The lowest BCUT2D eigenvalue weighted by Gasteiger charge is -2.10. The van der Waals surface area contributed by atoms with Crippen LogP contribution in [-0.4, -0.2) is 23.0 Å². The van der Waals surface area contributed by atoms with Crippen molar-refractivity contribution in [3.8, 4) is 5.75 Å². The Balaban J connectivity index is 1.66. The van der Waals surface area contributed by atoms with Gasteiger partial charge in [0.15, 0.2) is 0 Å². The first-order chi connectivity index (χ1) is 12.2. The molecular formula is C17H15ClN4O3. The molecule has 128 valence electrons. The van der Waals surface area contributed by atoms with Crippen molar-refractivity contribution in [1.82, 2.24) is 15.3 Å². The fraction of sp³-hybridized carbons (Fsp3) is 0.118. The maximum Gasteiger partial charge on any atom is 0.254 e. The first kappa shape index (κ1) is 16.8. The smallest absolute Gasteiger partial charge is 0.254 e. The van der Waals surface area contributed by atoms with Gasteiger partial charge in [-0.25, -0.2) is 9.97 Å². The molecule has 8 heteroatoms. The average molecular weight is 359 g/mol. The highest BCUT2D eigenvalue weighted by molar-refractivity contribution is 6.31. The molecule has 0 atom stereocenters. The zero-order chi connectivity index (χ0) is 17.6. The number of aromatic nitrogens is 2. The number of carbonyl (C=O) groups is 1. The number of hydrogen-bond acceptors (Lipinski definition) is 6. The quantitative estimate of drug-likeness (QED) is 0.702. The molecule has 0 spiro atoms. The number of benzene rings is 1. The summed E-state index contributed by atoms with van der Waals surface area (Å²) in [4.78, 5) is 20.3. The van der Waals surface area contributed by atoms with E-state index in [0.29, 0.717) is 40.3 Å². The second kappa shape index (κ2) is 7.67. The minimum atomic E-state index is -0.289. The number of anilines is 2. The van der Waals surface area contributed by atoms with Gasteiger partial charge in [0.1, 0.15) is 11.5 Å². The standard InChI is InChI=1S/C17H15ClN4O3/c1-24-15-5-4-12(18)7-14(15)22-17-20-8-11(9-21-17)16(23)19-10-13-3-2-6-25-13/h2-9H,10H2,1H3,(H,19,23)(H,20,21,22). The normalized spacial score (nSPS) is 10.3. The first-order valence-corrected chi connectivity index (χ1v) is 7.76. The zero-order valence-electron chi connectivity index (χ0n) is 13.3. The van der Waals surface area contributed by atoms with Crippen molar-refractivity contribution in [2.24, 2.45) is 0 Å². The molecule has 25 heavy (non-hydrogen) atoms. The SMILES string of the molecule is COc1ccc(Cl)cc1Nc1ncc(C(=O)NCc2ccco2)cn1. The lowest BCUT2D eigenvalue weighted by atomic mass is 10.3. The van der Waals surface area contributed by atoms with E-state index in [-0.39, 0.29) is 5.91 Å². The molecule has 2 aromatic heterocycles. The third-order valence-corrected chi connectivity index (χ3v) is 3.56. The van der Waals surface area contributed by atoms with E-state index in [0.717, 1.165) is 0 Å². The average Bonchev–Trinajstić information content (AvgIpc) is 3.14. The van der Waals surface area contributed by atoms with Crippen LogP contribution in [0.3, 0.4) is 0 Å². The molecule has 0 aliphatic carbocycles. The first-order valence-electron chi connectivity index (χ1n) is 7.39. The Morgan fingerprint density at radius 2 is 2.08 bits per heavy atom. The molecule has 0 saturated carbocycles. The van der Waals surface area contributed by atoms with Crippen LogP contribution >= 0.6 is 11.6 Å². The largest absolute Gasteiger partial charge is 0.495 e. The fourth-order valence-electron chi connectivity index (χ4n) is 2.09. The second-order valence-electron chi connectivity index (χ2n) is 5.03. The highest BCUT2D eigenvalue weighted by atomic mass is 35.5. The predicted molar refractivity (Wildman–Crippen MR) is 93.2 cm³/mol. The molecule has 0 fully saturated rings. The van der Waals surface area contributed by atoms with E-state index in [9.17, 15) is 4.79 Å². The Kier molecular flexibility index (Phi) is 5.15. The number of nitrogens with one attached hydrogen (secondary N) is 2. The summed E-state index contributed by atoms with van der Waals surface area (Å²) in [5.41, 5.74) is 0.972. The van der Waals surface area contributed by atoms with Gasteiger partial charge in [0.05, 0.1) is 31.2 Å². The zero-order valence-corrected chi connectivity index (χ0v) is 14.1. The van der Waals surface area contributed by atoms with E-state index in [1.54, 1.807) is 43.7 Å². The maximum atomic E-state index is 12.1. The van der Waals surface area contributed by atoms with Gasteiger partial charge in [-0.3, -0.25) is 4.79 Å². The number of ether oxygens (including phenoxy) is 1. The summed E-state index contributed by atoms with van der Waals surface area (Å²) < 4.78 is 10.4. The number of carbonyl (C=O) groups excluding carboxylic acids is 1. The van der Waals surface area contributed by atoms with Crippen LogP contribution < -0.4 is 15.4 Å². The Morgan fingerprint density at radius 3 is 2.76 bits per heavy atom. The van der Waals surface area contributed by atoms with Crippen molar-refractivity contribution in [3.05, 3.63) is 65.3 Å². The summed E-state index contributed by atoms with van der Waals surface area (Å²) in [6.07, 6.45) is 4.42.